The van der Waals surface area contributed by atoms with Crippen LogP contribution in [0.1, 0.15) is 22.3 Å². The van der Waals surface area contributed by atoms with E-state index in [0.717, 1.165) is 12.8 Å². The second-order valence-corrected chi connectivity index (χ2v) is 5.20. The fraction of sp³-hybridized carbons (Fsp3) is 0.278. The fourth-order valence-corrected chi connectivity index (χ4v) is 2.43. The summed E-state index contributed by atoms with van der Waals surface area (Å²) in [6, 6.07) is 15.6. The molecule has 1 N–H and O–H groups in total. The predicted octanol–water partition coefficient (Wildman–Crippen LogP) is 2.82. The minimum atomic E-state index is -0.0787. The van der Waals surface area contributed by atoms with Crippen LogP contribution in [0, 0.1) is 0 Å². The first-order valence-electron chi connectivity index (χ1n) is 7.55. The van der Waals surface area contributed by atoms with Crippen molar-refractivity contribution in [1.29, 1.82) is 0 Å². The van der Waals surface area contributed by atoms with Crippen molar-refractivity contribution in [3.05, 3.63) is 59.7 Å². The first-order chi connectivity index (χ1) is 10.8. The highest BCUT2D eigenvalue weighted by molar-refractivity contribution is 5.94. The van der Waals surface area contributed by atoms with Crippen LogP contribution in [0.2, 0.25) is 0 Å². The molecule has 2 aromatic rings. The van der Waals surface area contributed by atoms with Crippen LogP contribution in [0.15, 0.2) is 48.5 Å². The Morgan fingerprint density at radius 3 is 2.59 bits per heavy atom. The Hall–Kier alpha value is -2.49. The van der Waals surface area contributed by atoms with Gasteiger partial charge in [-0.1, -0.05) is 30.3 Å². The molecule has 114 valence electrons. The lowest BCUT2D eigenvalue weighted by Crippen LogP contribution is -2.25. The summed E-state index contributed by atoms with van der Waals surface area (Å²) in [5.74, 6) is 1.26. The molecule has 0 fully saturated rings. The number of aryl methyl sites for hydroxylation is 1. The maximum absolute atomic E-state index is 12.1. The maximum Gasteiger partial charge on any atom is 0.251 e. The molecule has 3 rings (SSSR count). The van der Waals surface area contributed by atoms with Gasteiger partial charge < -0.3 is 14.8 Å². The molecule has 1 heterocycles. The van der Waals surface area contributed by atoms with Gasteiger partial charge in [-0.3, -0.25) is 4.79 Å². The van der Waals surface area contributed by atoms with E-state index in [9.17, 15) is 4.79 Å². The van der Waals surface area contributed by atoms with Crippen LogP contribution >= 0.6 is 0 Å². The predicted molar refractivity (Wildman–Crippen MR) is 84.5 cm³/mol. The van der Waals surface area contributed by atoms with E-state index < -0.39 is 0 Å². The smallest absolute Gasteiger partial charge is 0.251 e. The standard InChI is InChI=1S/C18H19NO3/c20-18(19-10-4-7-14-5-2-1-3-6-14)15-8-9-16-17(13-15)22-12-11-21-16/h1-3,5-6,8-9,13H,4,7,10-12H2,(H,19,20). The Bertz CT molecular complexity index is 640. The molecule has 0 saturated carbocycles. The van der Waals surface area contributed by atoms with Crippen LogP contribution in [-0.4, -0.2) is 25.7 Å². The molecular formula is C18H19NO3. The Balaban J connectivity index is 1.49. The van der Waals surface area contributed by atoms with E-state index in [4.69, 9.17) is 9.47 Å². The molecule has 4 nitrogen and oxygen atoms in total. The Labute approximate surface area is 130 Å². The van der Waals surface area contributed by atoms with Crippen LogP contribution in [0.3, 0.4) is 0 Å². The van der Waals surface area contributed by atoms with E-state index in [2.05, 4.69) is 17.4 Å². The van der Waals surface area contributed by atoms with Crippen molar-refractivity contribution in [2.75, 3.05) is 19.8 Å². The highest BCUT2D eigenvalue weighted by Gasteiger charge is 2.14. The minimum absolute atomic E-state index is 0.0787. The zero-order valence-electron chi connectivity index (χ0n) is 12.4. The molecule has 0 atom stereocenters. The van der Waals surface area contributed by atoms with Crippen molar-refractivity contribution < 1.29 is 14.3 Å². The Morgan fingerprint density at radius 1 is 1.00 bits per heavy atom. The summed E-state index contributed by atoms with van der Waals surface area (Å²) in [5.41, 5.74) is 1.89. The van der Waals surface area contributed by atoms with Crippen LogP contribution < -0.4 is 14.8 Å². The molecule has 0 radical (unpaired) electrons. The molecule has 0 aromatic heterocycles. The van der Waals surface area contributed by atoms with Crippen LogP contribution in [0.25, 0.3) is 0 Å². The van der Waals surface area contributed by atoms with Gasteiger partial charge in [0.05, 0.1) is 0 Å². The van der Waals surface area contributed by atoms with Crippen LogP contribution in [0.4, 0.5) is 0 Å². The lowest BCUT2D eigenvalue weighted by Gasteiger charge is -2.18. The van der Waals surface area contributed by atoms with Gasteiger partial charge in [-0.2, -0.15) is 0 Å². The first-order valence-corrected chi connectivity index (χ1v) is 7.55. The number of hydrogen-bond donors (Lipinski definition) is 1. The van der Waals surface area contributed by atoms with Crippen molar-refractivity contribution in [3.63, 3.8) is 0 Å². The highest BCUT2D eigenvalue weighted by atomic mass is 16.6. The number of fused-ring (bicyclic) bond motifs is 1. The summed E-state index contributed by atoms with van der Waals surface area (Å²) < 4.78 is 10.9. The van der Waals surface area contributed by atoms with Gasteiger partial charge in [0.25, 0.3) is 5.91 Å². The number of benzene rings is 2. The number of amides is 1. The second-order valence-electron chi connectivity index (χ2n) is 5.20. The summed E-state index contributed by atoms with van der Waals surface area (Å²) in [4.78, 5) is 12.1. The van der Waals surface area contributed by atoms with E-state index in [1.54, 1.807) is 18.2 Å². The summed E-state index contributed by atoms with van der Waals surface area (Å²) in [7, 11) is 0. The highest BCUT2D eigenvalue weighted by Crippen LogP contribution is 2.30. The topological polar surface area (TPSA) is 47.6 Å². The van der Waals surface area contributed by atoms with Gasteiger partial charge in [0.1, 0.15) is 13.2 Å². The number of nitrogens with one attached hydrogen (secondary N) is 1. The third-order valence-corrected chi connectivity index (χ3v) is 3.57. The molecule has 0 unspecified atom stereocenters. The quantitative estimate of drug-likeness (QED) is 0.863. The molecule has 22 heavy (non-hydrogen) atoms. The van der Waals surface area contributed by atoms with Crippen LogP contribution in [0.5, 0.6) is 11.5 Å². The van der Waals surface area contributed by atoms with Crippen molar-refractivity contribution in [3.8, 4) is 11.5 Å². The fourth-order valence-electron chi connectivity index (χ4n) is 2.43. The summed E-state index contributed by atoms with van der Waals surface area (Å²) in [6.07, 6.45) is 1.88. The van der Waals surface area contributed by atoms with E-state index in [0.29, 0.717) is 36.8 Å². The molecule has 1 amide bonds. The van der Waals surface area contributed by atoms with Crippen molar-refractivity contribution in [1.82, 2.24) is 5.32 Å². The SMILES string of the molecule is O=C(NCCCc1ccccc1)c1ccc2c(c1)OCCO2. The molecular weight excluding hydrogens is 278 g/mol. The average Bonchev–Trinajstić information content (AvgIpc) is 2.59. The molecule has 0 spiro atoms. The van der Waals surface area contributed by atoms with Gasteiger partial charge in [-0.05, 0) is 36.6 Å². The third-order valence-electron chi connectivity index (χ3n) is 3.57. The van der Waals surface area contributed by atoms with Crippen molar-refractivity contribution in [2.24, 2.45) is 0 Å². The van der Waals surface area contributed by atoms with Gasteiger partial charge in [-0.15, -0.1) is 0 Å². The lowest BCUT2D eigenvalue weighted by atomic mass is 10.1. The van der Waals surface area contributed by atoms with Crippen LogP contribution in [-0.2, 0) is 6.42 Å². The number of carbonyl (C=O) groups is 1. The van der Waals surface area contributed by atoms with E-state index >= 15 is 0 Å². The number of ether oxygens (including phenoxy) is 2. The lowest BCUT2D eigenvalue weighted by molar-refractivity contribution is 0.0952. The number of carbonyl (C=O) groups excluding carboxylic acids is 1. The van der Waals surface area contributed by atoms with Gasteiger partial charge >= 0.3 is 0 Å². The van der Waals surface area contributed by atoms with Gasteiger partial charge in [-0.25, -0.2) is 0 Å². The second kappa shape index (κ2) is 6.98. The molecule has 4 heteroatoms. The van der Waals surface area contributed by atoms with E-state index in [1.807, 2.05) is 18.2 Å². The van der Waals surface area contributed by atoms with E-state index in [1.165, 1.54) is 5.56 Å². The minimum Gasteiger partial charge on any atom is -0.486 e. The zero-order chi connectivity index (χ0) is 15.2. The zero-order valence-corrected chi connectivity index (χ0v) is 12.4. The molecule has 0 bridgehead atoms. The first kappa shape index (κ1) is 14.4. The maximum atomic E-state index is 12.1. The van der Waals surface area contributed by atoms with Crippen molar-refractivity contribution >= 4 is 5.91 Å². The summed E-state index contributed by atoms with van der Waals surface area (Å²) >= 11 is 0. The molecule has 2 aromatic carbocycles. The number of rotatable bonds is 5. The largest absolute Gasteiger partial charge is 0.486 e. The Kier molecular flexibility index (Phi) is 4.59. The van der Waals surface area contributed by atoms with E-state index in [-0.39, 0.29) is 5.91 Å². The number of hydrogen-bond acceptors (Lipinski definition) is 3. The summed E-state index contributed by atoms with van der Waals surface area (Å²) in [5, 5.41) is 2.94. The molecule has 0 aliphatic carbocycles. The molecule has 1 aliphatic heterocycles. The van der Waals surface area contributed by atoms with Crippen molar-refractivity contribution in [2.45, 2.75) is 12.8 Å². The summed E-state index contributed by atoms with van der Waals surface area (Å²) in [6.45, 7) is 1.73. The third kappa shape index (κ3) is 3.58. The Morgan fingerprint density at radius 2 is 1.77 bits per heavy atom. The normalized spacial score (nSPS) is 12.7. The molecule has 0 saturated heterocycles. The van der Waals surface area contributed by atoms with Gasteiger partial charge in [0.15, 0.2) is 11.5 Å². The van der Waals surface area contributed by atoms with Gasteiger partial charge in [0.2, 0.25) is 0 Å². The molecule has 1 aliphatic rings. The van der Waals surface area contributed by atoms with Gasteiger partial charge in [0, 0.05) is 12.1 Å². The monoisotopic (exact) mass is 297 g/mol. The average molecular weight is 297 g/mol.